The van der Waals surface area contributed by atoms with Crippen LogP contribution in [0.2, 0.25) is 0 Å². The van der Waals surface area contributed by atoms with Crippen LogP contribution in [-0.2, 0) is 4.79 Å². The third-order valence-electron chi connectivity index (χ3n) is 2.26. The number of nitrogens with zero attached hydrogens (tertiary/aromatic N) is 1. The smallest absolute Gasteiger partial charge is 0.337 e. The molecule has 0 atom stereocenters. The molecule has 1 rings (SSSR count). The maximum atomic E-state index is 11.2. The van der Waals surface area contributed by atoms with E-state index in [0.29, 0.717) is 10.2 Å². The van der Waals surface area contributed by atoms with Crippen molar-refractivity contribution in [2.45, 2.75) is 0 Å². The third kappa shape index (κ3) is 3.45. The predicted molar refractivity (Wildman–Crippen MR) is 68.4 cm³/mol. The molecular weight excluding hydrogens is 288 g/mol. The Kier molecular flexibility index (Phi) is 4.51. The fourth-order valence-corrected chi connectivity index (χ4v) is 1.75. The molecule has 1 aromatic rings. The quantitative estimate of drug-likeness (QED) is 0.880. The summed E-state index contributed by atoms with van der Waals surface area (Å²) in [5.74, 6) is -1.20. The number of hydrogen-bond donors (Lipinski definition) is 2. The number of nitrogens with one attached hydrogen (secondary N) is 1. The van der Waals surface area contributed by atoms with Gasteiger partial charge in [-0.3, -0.25) is 4.79 Å². The van der Waals surface area contributed by atoms with Crippen LogP contribution in [0.5, 0.6) is 0 Å². The van der Waals surface area contributed by atoms with Crippen LogP contribution in [0.15, 0.2) is 22.7 Å². The van der Waals surface area contributed by atoms with E-state index in [0.717, 1.165) is 0 Å². The second-order valence-electron chi connectivity index (χ2n) is 3.50. The van der Waals surface area contributed by atoms with Gasteiger partial charge in [0.2, 0.25) is 5.91 Å². The molecule has 0 radical (unpaired) electrons. The Morgan fingerprint density at radius 3 is 2.65 bits per heavy atom. The highest BCUT2D eigenvalue weighted by Crippen LogP contribution is 2.23. The van der Waals surface area contributed by atoms with E-state index in [1.54, 1.807) is 24.1 Å². The lowest BCUT2D eigenvalue weighted by Gasteiger charge is -2.20. The highest BCUT2D eigenvalue weighted by Gasteiger charge is 2.15. The summed E-state index contributed by atoms with van der Waals surface area (Å²) in [5.41, 5.74) is 0.662. The number of hydrogen-bond acceptors (Lipinski definition) is 3. The second kappa shape index (κ2) is 5.67. The van der Waals surface area contributed by atoms with E-state index >= 15 is 0 Å². The fourth-order valence-electron chi connectivity index (χ4n) is 1.39. The van der Waals surface area contributed by atoms with Gasteiger partial charge < -0.3 is 15.3 Å². The molecule has 0 aliphatic heterocycles. The molecule has 1 aromatic carbocycles. The molecule has 92 valence electrons. The highest BCUT2D eigenvalue weighted by molar-refractivity contribution is 9.10. The van der Waals surface area contributed by atoms with Gasteiger partial charge in [-0.05, 0) is 18.2 Å². The Hall–Kier alpha value is -1.56. The molecule has 0 aromatic heterocycles. The number of halogens is 1. The van der Waals surface area contributed by atoms with Gasteiger partial charge in [0.05, 0.1) is 17.8 Å². The largest absolute Gasteiger partial charge is 0.478 e. The topological polar surface area (TPSA) is 69.6 Å². The molecule has 0 unspecified atom stereocenters. The molecule has 2 N–H and O–H groups in total. The maximum Gasteiger partial charge on any atom is 0.337 e. The predicted octanol–water partition coefficient (Wildman–Crippen LogP) is 1.33. The molecule has 0 bridgehead atoms. The van der Waals surface area contributed by atoms with Crippen LogP contribution in [0.25, 0.3) is 0 Å². The summed E-state index contributed by atoms with van der Waals surface area (Å²) in [6, 6.07) is 4.91. The average Bonchev–Trinajstić information content (AvgIpc) is 2.28. The number of carboxylic acids is 1. The van der Waals surface area contributed by atoms with Crippen molar-refractivity contribution in [2.24, 2.45) is 0 Å². The molecule has 0 saturated heterocycles. The molecule has 0 heterocycles. The Morgan fingerprint density at radius 1 is 1.47 bits per heavy atom. The number of benzene rings is 1. The average molecular weight is 301 g/mol. The van der Waals surface area contributed by atoms with Crippen molar-refractivity contribution < 1.29 is 14.7 Å². The standard InChI is InChI=1S/C11H13BrN2O3/c1-13-10(15)6-14(2)9-4-3-7(12)5-8(9)11(16)17/h3-5H,6H2,1-2H3,(H,13,15)(H,16,17). The number of carbonyl (C=O) groups is 2. The van der Waals surface area contributed by atoms with Crippen LogP contribution >= 0.6 is 15.9 Å². The molecule has 0 aliphatic carbocycles. The molecule has 5 nitrogen and oxygen atoms in total. The first-order valence-electron chi connectivity index (χ1n) is 4.90. The molecule has 0 aliphatic rings. The third-order valence-corrected chi connectivity index (χ3v) is 2.75. The van der Waals surface area contributed by atoms with Crippen LogP contribution in [0.1, 0.15) is 10.4 Å². The molecule has 1 amide bonds. The Labute approximate surface area is 108 Å². The highest BCUT2D eigenvalue weighted by atomic mass is 79.9. The van der Waals surface area contributed by atoms with E-state index < -0.39 is 5.97 Å². The summed E-state index contributed by atoms with van der Waals surface area (Å²) < 4.78 is 0.687. The van der Waals surface area contributed by atoms with E-state index in [1.165, 1.54) is 13.1 Å². The normalized spacial score (nSPS) is 9.82. The molecule has 17 heavy (non-hydrogen) atoms. The van der Waals surface area contributed by atoms with Crippen molar-refractivity contribution in [3.63, 3.8) is 0 Å². The zero-order valence-electron chi connectivity index (χ0n) is 9.53. The van der Waals surface area contributed by atoms with Crippen LogP contribution in [0.4, 0.5) is 5.69 Å². The van der Waals surface area contributed by atoms with E-state index in [-0.39, 0.29) is 18.0 Å². The maximum absolute atomic E-state index is 11.2. The van der Waals surface area contributed by atoms with Gasteiger partial charge in [-0.1, -0.05) is 15.9 Å². The summed E-state index contributed by atoms with van der Waals surface area (Å²) in [4.78, 5) is 23.9. The number of carbonyl (C=O) groups excluding carboxylic acids is 1. The van der Waals surface area contributed by atoms with Crippen molar-refractivity contribution in [3.8, 4) is 0 Å². The van der Waals surface area contributed by atoms with Crippen LogP contribution < -0.4 is 10.2 Å². The first-order chi connectivity index (χ1) is 7.95. The lowest BCUT2D eigenvalue weighted by atomic mass is 10.1. The van der Waals surface area contributed by atoms with Crippen LogP contribution in [0.3, 0.4) is 0 Å². The number of likely N-dealkylation sites (N-methyl/N-ethyl adjacent to an activating group) is 2. The van der Waals surface area contributed by atoms with Gasteiger partial charge in [-0.25, -0.2) is 4.79 Å². The molecule has 0 spiro atoms. The van der Waals surface area contributed by atoms with Gasteiger partial charge in [0.25, 0.3) is 0 Å². The first kappa shape index (κ1) is 13.5. The number of carboxylic acid groups (broad SMARTS) is 1. The summed E-state index contributed by atoms with van der Waals surface area (Å²) >= 11 is 3.22. The van der Waals surface area contributed by atoms with Gasteiger partial charge in [0, 0.05) is 18.6 Å². The Balaban J connectivity index is 3.04. The lowest BCUT2D eigenvalue weighted by molar-refractivity contribution is -0.119. The van der Waals surface area contributed by atoms with Crippen molar-refractivity contribution in [1.82, 2.24) is 5.32 Å². The summed E-state index contributed by atoms with van der Waals surface area (Å²) in [6.07, 6.45) is 0. The number of amides is 1. The van der Waals surface area contributed by atoms with E-state index in [2.05, 4.69) is 21.2 Å². The Morgan fingerprint density at radius 2 is 2.12 bits per heavy atom. The minimum Gasteiger partial charge on any atom is -0.478 e. The van der Waals surface area contributed by atoms with Gasteiger partial charge in [-0.15, -0.1) is 0 Å². The minimum atomic E-state index is -1.02. The zero-order valence-corrected chi connectivity index (χ0v) is 11.1. The monoisotopic (exact) mass is 300 g/mol. The van der Waals surface area contributed by atoms with Gasteiger partial charge in [0.1, 0.15) is 0 Å². The van der Waals surface area contributed by atoms with Crippen molar-refractivity contribution in [3.05, 3.63) is 28.2 Å². The SMILES string of the molecule is CNC(=O)CN(C)c1ccc(Br)cc1C(=O)O. The number of rotatable bonds is 4. The second-order valence-corrected chi connectivity index (χ2v) is 4.41. The molecular formula is C11H13BrN2O3. The van der Waals surface area contributed by atoms with Crippen LogP contribution in [0, 0.1) is 0 Å². The fraction of sp³-hybridized carbons (Fsp3) is 0.273. The molecule has 0 fully saturated rings. The van der Waals surface area contributed by atoms with Gasteiger partial charge in [-0.2, -0.15) is 0 Å². The van der Waals surface area contributed by atoms with Crippen LogP contribution in [-0.4, -0.2) is 37.6 Å². The summed E-state index contributed by atoms with van der Waals surface area (Å²) in [6.45, 7) is 0.110. The minimum absolute atomic E-state index is 0.110. The van der Waals surface area contributed by atoms with E-state index in [9.17, 15) is 9.59 Å². The first-order valence-corrected chi connectivity index (χ1v) is 5.69. The van der Waals surface area contributed by atoms with E-state index in [4.69, 9.17) is 5.11 Å². The van der Waals surface area contributed by atoms with Crippen molar-refractivity contribution in [1.29, 1.82) is 0 Å². The molecule has 0 saturated carbocycles. The van der Waals surface area contributed by atoms with Gasteiger partial charge >= 0.3 is 5.97 Å². The summed E-state index contributed by atoms with van der Waals surface area (Å²) in [7, 11) is 3.21. The molecule has 6 heteroatoms. The summed E-state index contributed by atoms with van der Waals surface area (Å²) in [5, 5.41) is 11.6. The van der Waals surface area contributed by atoms with E-state index in [1.807, 2.05) is 0 Å². The number of aromatic carboxylic acids is 1. The lowest BCUT2D eigenvalue weighted by Crippen LogP contribution is -2.33. The van der Waals surface area contributed by atoms with Crippen molar-refractivity contribution in [2.75, 3.05) is 25.5 Å². The van der Waals surface area contributed by atoms with Crippen molar-refractivity contribution >= 4 is 33.5 Å². The Bertz CT molecular complexity index is 448. The number of anilines is 1. The zero-order chi connectivity index (χ0) is 13.0. The van der Waals surface area contributed by atoms with Gasteiger partial charge in [0.15, 0.2) is 0 Å².